The molecule has 9 heteroatoms. The van der Waals surface area contributed by atoms with Gasteiger partial charge in [-0.15, -0.1) is 0 Å². The Morgan fingerprint density at radius 3 is 2.41 bits per heavy atom. The van der Waals surface area contributed by atoms with Crippen molar-refractivity contribution < 1.29 is 18.6 Å². The van der Waals surface area contributed by atoms with Gasteiger partial charge in [-0.2, -0.15) is 0 Å². The Balaban J connectivity index is 1.03. The van der Waals surface area contributed by atoms with Crippen molar-refractivity contribution in [2.75, 3.05) is 49.3 Å². The number of halogens is 2. The van der Waals surface area contributed by atoms with Crippen LogP contribution in [0.3, 0.4) is 0 Å². The van der Waals surface area contributed by atoms with E-state index >= 15 is 0 Å². The van der Waals surface area contributed by atoms with Crippen LogP contribution in [-0.4, -0.2) is 66.6 Å². The van der Waals surface area contributed by atoms with Crippen molar-refractivity contribution in [3.8, 4) is 5.88 Å². The van der Waals surface area contributed by atoms with Gasteiger partial charge < -0.3 is 24.0 Å². The lowest BCUT2D eigenvalue weighted by Crippen LogP contribution is -2.71. The predicted octanol–water partition coefficient (Wildman–Crippen LogP) is 8.85. The molecular formula is C45H50BrFN4O3. The van der Waals surface area contributed by atoms with Crippen LogP contribution in [-0.2, 0) is 41.2 Å². The van der Waals surface area contributed by atoms with Gasteiger partial charge in [-0.25, -0.2) is 9.37 Å². The van der Waals surface area contributed by atoms with Crippen molar-refractivity contribution in [2.45, 2.75) is 100 Å². The first-order chi connectivity index (χ1) is 26.3. The minimum Gasteiger partial charge on any atom is -0.476 e. The minimum absolute atomic E-state index is 0.0567. The molecule has 6 heterocycles. The molecule has 10 rings (SSSR count). The van der Waals surface area contributed by atoms with Gasteiger partial charge in [0.1, 0.15) is 18.4 Å². The van der Waals surface area contributed by atoms with Crippen molar-refractivity contribution in [1.29, 1.82) is 0 Å². The molecule has 4 aromatic rings. The van der Waals surface area contributed by atoms with Crippen molar-refractivity contribution in [3.63, 3.8) is 0 Å². The second kappa shape index (κ2) is 13.6. The summed E-state index contributed by atoms with van der Waals surface area (Å²) in [6.45, 7) is 8.86. The third-order valence-electron chi connectivity index (χ3n) is 13.7. The third-order valence-corrected chi connectivity index (χ3v) is 14.5. The van der Waals surface area contributed by atoms with E-state index in [2.05, 4.69) is 116 Å². The molecule has 0 amide bonds. The molecule has 0 N–H and O–H groups in total. The van der Waals surface area contributed by atoms with Crippen molar-refractivity contribution in [2.24, 2.45) is 0 Å². The van der Waals surface area contributed by atoms with E-state index in [0.717, 1.165) is 81.7 Å². The van der Waals surface area contributed by atoms with Gasteiger partial charge in [0.2, 0.25) is 5.88 Å². The minimum atomic E-state index is -0.786. The predicted molar refractivity (Wildman–Crippen MR) is 213 cm³/mol. The van der Waals surface area contributed by atoms with Crippen molar-refractivity contribution >= 4 is 27.3 Å². The summed E-state index contributed by atoms with van der Waals surface area (Å²) >= 11 is 4.25. The van der Waals surface area contributed by atoms with Gasteiger partial charge >= 0.3 is 0 Å². The average molecular weight is 794 g/mol. The van der Waals surface area contributed by atoms with Crippen LogP contribution in [0, 0.1) is 0 Å². The number of hydrogen-bond donors (Lipinski definition) is 0. The summed E-state index contributed by atoms with van der Waals surface area (Å²) < 4.78 is 35.6. The summed E-state index contributed by atoms with van der Waals surface area (Å²) in [5.74, 6) is 1.07. The molecule has 1 aromatic heterocycles. The lowest BCUT2D eigenvalue weighted by molar-refractivity contribution is -0.0916. The van der Waals surface area contributed by atoms with Crippen LogP contribution in [0.15, 0.2) is 83.3 Å². The number of rotatable bonds is 9. The van der Waals surface area contributed by atoms with Gasteiger partial charge in [-0.1, -0.05) is 73.7 Å². The molecule has 4 saturated heterocycles. The first-order valence-electron chi connectivity index (χ1n) is 20.0. The Hall–Kier alpha value is -3.50. The van der Waals surface area contributed by atoms with Crippen molar-refractivity contribution in [1.82, 2.24) is 9.88 Å². The van der Waals surface area contributed by atoms with Gasteiger partial charge in [0, 0.05) is 60.7 Å². The molecule has 2 spiro atoms. The SMILES string of the molecule is C[C@H]1CC[C@]2(Cc3nc(OC[C@@]45CCCN4C[C@H](F)C5)cc(N4CCC45COC5)c3CO2)c2c1ccc(N(Cc1ccccc1)Cc1ccccc1)c2Br. The fourth-order valence-corrected chi connectivity index (χ4v) is 11.5. The van der Waals surface area contributed by atoms with Crippen molar-refractivity contribution in [3.05, 3.63) is 117 Å². The monoisotopic (exact) mass is 792 g/mol. The maximum absolute atomic E-state index is 14.7. The fraction of sp³-hybridized carbons (Fsp3) is 0.489. The number of fused-ring (bicyclic) bond motifs is 4. The summed E-state index contributed by atoms with van der Waals surface area (Å²) in [6.07, 6.45) is 5.60. The number of nitrogens with zero attached hydrogens (tertiary/aromatic N) is 4. The van der Waals surface area contributed by atoms with Gasteiger partial charge in [-0.3, -0.25) is 4.90 Å². The molecule has 5 aliphatic heterocycles. The zero-order chi connectivity index (χ0) is 36.5. The van der Waals surface area contributed by atoms with Crippen LogP contribution in [0.5, 0.6) is 5.88 Å². The van der Waals surface area contributed by atoms with E-state index < -0.39 is 11.8 Å². The van der Waals surface area contributed by atoms with Crippen LogP contribution >= 0.6 is 15.9 Å². The highest BCUT2D eigenvalue weighted by Crippen LogP contribution is 2.55. The number of aromatic nitrogens is 1. The van der Waals surface area contributed by atoms with Crippen LogP contribution < -0.4 is 14.5 Å². The number of ether oxygens (including phenoxy) is 3. The quantitative estimate of drug-likeness (QED) is 0.168. The fourth-order valence-electron chi connectivity index (χ4n) is 10.5. The van der Waals surface area contributed by atoms with E-state index in [1.807, 2.05) is 0 Å². The van der Waals surface area contributed by atoms with E-state index in [9.17, 15) is 4.39 Å². The van der Waals surface area contributed by atoms with Crippen LogP contribution in [0.4, 0.5) is 15.8 Å². The highest BCUT2D eigenvalue weighted by molar-refractivity contribution is 9.10. The molecule has 54 heavy (non-hydrogen) atoms. The Morgan fingerprint density at radius 2 is 1.72 bits per heavy atom. The highest BCUT2D eigenvalue weighted by Gasteiger charge is 2.53. The second-order valence-electron chi connectivity index (χ2n) is 17.0. The molecular weight excluding hydrogens is 743 g/mol. The lowest BCUT2D eigenvalue weighted by Gasteiger charge is -2.59. The lowest BCUT2D eigenvalue weighted by atomic mass is 9.71. The molecule has 4 fully saturated rings. The van der Waals surface area contributed by atoms with E-state index in [1.54, 1.807) is 0 Å². The second-order valence-corrected chi connectivity index (χ2v) is 17.8. The zero-order valence-electron chi connectivity index (χ0n) is 31.2. The summed E-state index contributed by atoms with van der Waals surface area (Å²) in [5.41, 5.74) is 9.03. The van der Waals surface area contributed by atoms with Gasteiger partial charge in [0.15, 0.2) is 0 Å². The molecule has 1 aliphatic carbocycles. The Labute approximate surface area is 326 Å². The molecule has 7 nitrogen and oxygen atoms in total. The Kier molecular flexibility index (Phi) is 8.81. The molecule has 0 radical (unpaired) electrons. The zero-order valence-corrected chi connectivity index (χ0v) is 32.8. The number of alkyl halides is 1. The normalized spacial score (nSPS) is 27.9. The van der Waals surface area contributed by atoms with Gasteiger partial charge in [0.05, 0.1) is 48.0 Å². The highest BCUT2D eigenvalue weighted by atomic mass is 79.9. The number of benzene rings is 3. The van der Waals surface area contributed by atoms with E-state index in [4.69, 9.17) is 19.2 Å². The first kappa shape index (κ1) is 35.0. The molecule has 6 aliphatic rings. The van der Waals surface area contributed by atoms with Crippen LogP contribution in [0.25, 0.3) is 0 Å². The summed E-state index contributed by atoms with van der Waals surface area (Å²) in [4.78, 5) is 12.7. The molecule has 3 aromatic carbocycles. The van der Waals surface area contributed by atoms with Gasteiger partial charge in [0.25, 0.3) is 0 Å². The number of hydrogen-bond acceptors (Lipinski definition) is 7. The first-order valence-corrected chi connectivity index (χ1v) is 20.8. The van der Waals surface area contributed by atoms with Crippen LogP contribution in [0.2, 0.25) is 0 Å². The summed E-state index contributed by atoms with van der Waals surface area (Å²) in [7, 11) is 0. The van der Waals surface area contributed by atoms with Gasteiger partial charge in [-0.05, 0) is 83.3 Å². The smallest absolute Gasteiger partial charge is 0.215 e. The van der Waals surface area contributed by atoms with E-state index in [1.165, 1.54) is 39.2 Å². The molecule has 0 saturated carbocycles. The summed E-state index contributed by atoms with van der Waals surface area (Å²) in [5, 5.41) is 0. The maximum Gasteiger partial charge on any atom is 0.215 e. The standard InChI is InChI=1S/C45H50BrFN4O3/c1-31-15-17-45(41-35(31)13-14-38(42(41)46)49(24-32-9-4-2-5-10-32)25-33-11-6-3-7-12-33)23-37-36(27-54-45)39(51-20-18-44(51)28-52-29-44)21-40(48-37)53-30-43-16-8-19-50(43)26-34(47)22-43/h2-7,9-14,21,31,34H,8,15-20,22-30H2,1H3/t31-,34+,43-,45-/m0/s1. The molecule has 282 valence electrons. The maximum atomic E-state index is 14.7. The summed E-state index contributed by atoms with van der Waals surface area (Å²) in [6, 6.07) is 28.3. The van der Waals surface area contributed by atoms with Crippen LogP contribution in [0.1, 0.15) is 84.9 Å². The molecule has 0 bridgehead atoms. The number of pyridine rings is 1. The molecule has 0 unspecified atom stereocenters. The number of anilines is 2. The Morgan fingerprint density at radius 1 is 0.963 bits per heavy atom. The molecule has 4 atom stereocenters. The average Bonchev–Trinajstić information content (AvgIpc) is 3.67. The largest absolute Gasteiger partial charge is 0.476 e. The third kappa shape index (κ3) is 5.87. The Bertz CT molecular complexity index is 1980. The topological polar surface area (TPSA) is 50.3 Å². The van der Waals surface area contributed by atoms with E-state index in [-0.39, 0.29) is 11.1 Å². The van der Waals surface area contributed by atoms with E-state index in [0.29, 0.717) is 44.4 Å².